The van der Waals surface area contributed by atoms with Crippen molar-refractivity contribution in [3.05, 3.63) is 0 Å². The van der Waals surface area contributed by atoms with Gasteiger partial charge in [0.05, 0.1) is 6.10 Å². The molecule has 1 rings (SSSR count). The molecule has 0 heterocycles. The lowest BCUT2D eigenvalue weighted by molar-refractivity contribution is -0.126. The minimum Gasteiger partial charge on any atom is -0.391 e. The van der Waals surface area contributed by atoms with Crippen LogP contribution in [0.4, 0.5) is 0 Å². The summed E-state index contributed by atoms with van der Waals surface area (Å²) in [7, 11) is 0. The molecule has 0 aromatic carbocycles. The molecule has 1 aliphatic rings. The molecule has 0 aliphatic heterocycles. The minimum atomic E-state index is -0.965. The molecule has 1 N–H and O–H groups in total. The number of rotatable bonds is 2. The molecule has 0 radical (unpaired) electrons. The average molecular weight is 191 g/mol. The van der Waals surface area contributed by atoms with Gasteiger partial charge in [-0.25, -0.2) is 0 Å². The molecule has 1 unspecified atom stereocenters. The van der Waals surface area contributed by atoms with E-state index in [1.807, 2.05) is 6.92 Å². The maximum absolute atomic E-state index is 11.4. The Morgan fingerprint density at radius 3 is 2.83 bits per heavy atom. The summed E-state index contributed by atoms with van der Waals surface area (Å²) in [6, 6.07) is 0. The van der Waals surface area contributed by atoms with E-state index in [2.05, 4.69) is 0 Å². The molecule has 3 heteroatoms. The zero-order valence-electron chi connectivity index (χ0n) is 7.35. The van der Waals surface area contributed by atoms with Crippen LogP contribution in [0.3, 0.4) is 0 Å². The second-order valence-corrected chi connectivity index (χ2v) is 4.09. The molecule has 0 bridgehead atoms. The largest absolute Gasteiger partial charge is 0.391 e. The lowest BCUT2D eigenvalue weighted by Crippen LogP contribution is -2.46. The van der Waals surface area contributed by atoms with Gasteiger partial charge in [0.15, 0.2) is 5.78 Å². The van der Waals surface area contributed by atoms with E-state index in [4.69, 9.17) is 11.6 Å². The average Bonchev–Trinajstić information content (AvgIpc) is 2.09. The van der Waals surface area contributed by atoms with Crippen LogP contribution in [-0.4, -0.2) is 21.9 Å². The molecule has 2 atom stereocenters. The molecule has 1 fully saturated rings. The fraction of sp³-hybridized carbons (Fsp3) is 0.889. The molecule has 0 saturated heterocycles. The first kappa shape index (κ1) is 10.0. The van der Waals surface area contributed by atoms with Crippen molar-refractivity contribution in [2.75, 3.05) is 0 Å². The van der Waals surface area contributed by atoms with Gasteiger partial charge >= 0.3 is 0 Å². The third-order valence-corrected chi connectivity index (χ3v) is 3.22. The Morgan fingerprint density at radius 2 is 2.33 bits per heavy atom. The third-order valence-electron chi connectivity index (χ3n) is 2.57. The van der Waals surface area contributed by atoms with Gasteiger partial charge in [-0.15, -0.1) is 11.6 Å². The van der Waals surface area contributed by atoms with Crippen LogP contribution in [0.15, 0.2) is 0 Å². The fourth-order valence-corrected chi connectivity index (χ4v) is 2.07. The number of aliphatic hydroxyl groups is 1. The summed E-state index contributed by atoms with van der Waals surface area (Å²) in [5.41, 5.74) is 0. The fourth-order valence-electron chi connectivity index (χ4n) is 1.69. The summed E-state index contributed by atoms with van der Waals surface area (Å²) in [6.07, 6.45) is 2.90. The Kier molecular flexibility index (Phi) is 3.13. The first-order chi connectivity index (χ1) is 5.61. The predicted molar refractivity (Wildman–Crippen MR) is 48.4 cm³/mol. The predicted octanol–water partition coefficient (Wildman–Crippen LogP) is 1.88. The molecule has 0 amide bonds. The van der Waals surface area contributed by atoms with Gasteiger partial charge in [-0.2, -0.15) is 0 Å². The van der Waals surface area contributed by atoms with Gasteiger partial charge in [-0.1, -0.05) is 13.3 Å². The van der Waals surface area contributed by atoms with E-state index < -0.39 is 11.0 Å². The Hall–Kier alpha value is -0.0800. The molecule has 70 valence electrons. The van der Waals surface area contributed by atoms with Gasteiger partial charge in [0.25, 0.3) is 0 Å². The minimum absolute atomic E-state index is 0.0183. The maximum Gasteiger partial charge on any atom is 0.156 e. The van der Waals surface area contributed by atoms with Crippen molar-refractivity contribution in [3.63, 3.8) is 0 Å². The number of hydrogen-bond acceptors (Lipinski definition) is 2. The van der Waals surface area contributed by atoms with Gasteiger partial charge in [0, 0.05) is 6.42 Å². The van der Waals surface area contributed by atoms with E-state index in [0.29, 0.717) is 19.3 Å². The number of ketones is 1. The van der Waals surface area contributed by atoms with Crippen LogP contribution in [-0.2, 0) is 4.79 Å². The monoisotopic (exact) mass is 190 g/mol. The highest BCUT2D eigenvalue weighted by Crippen LogP contribution is 2.35. The standard InChI is InChI=1S/C9H15ClO2/c1-2-7(11)9(10)6-4-3-5-8(9)12/h7,11H,2-6H2,1H3/t7-,9?/m0/s1. The Labute approximate surface area is 77.9 Å². The maximum atomic E-state index is 11.4. The topological polar surface area (TPSA) is 37.3 Å². The van der Waals surface area contributed by atoms with Crippen LogP contribution in [0, 0.1) is 0 Å². The highest BCUT2D eigenvalue weighted by molar-refractivity contribution is 6.36. The summed E-state index contributed by atoms with van der Waals surface area (Å²) >= 11 is 6.08. The van der Waals surface area contributed by atoms with E-state index in [-0.39, 0.29) is 5.78 Å². The second-order valence-electron chi connectivity index (χ2n) is 3.42. The van der Waals surface area contributed by atoms with Crippen molar-refractivity contribution in [3.8, 4) is 0 Å². The van der Waals surface area contributed by atoms with Crippen LogP contribution in [0.5, 0.6) is 0 Å². The molecule has 2 nitrogen and oxygen atoms in total. The zero-order chi connectivity index (χ0) is 9.19. The van der Waals surface area contributed by atoms with Crippen molar-refractivity contribution in [2.45, 2.75) is 50.0 Å². The summed E-state index contributed by atoms with van der Waals surface area (Å²) in [4.78, 5) is 10.5. The molecular weight excluding hydrogens is 176 g/mol. The van der Waals surface area contributed by atoms with E-state index >= 15 is 0 Å². The smallest absolute Gasteiger partial charge is 0.156 e. The number of alkyl halides is 1. The van der Waals surface area contributed by atoms with Gasteiger partial charge in [-0.3, -0.25) is 4.79 Å². The number of carbonyl (C=O) groups excluding carboxylic acids is 1. The molecule has 0 spiro atoms. The second kappa shape index (κ2) is 3.75. The van der Waals surface area contributed by atoms with E-state index in [9.17, 15) is 9.90 Å². The number of halogens is 1. The highest BCUT2D eigenvalue weighted by atomic mass is 35.5. The molecule has 1 aliphatic carbocycles. The van der Waals surface area contributed by atoms with E-state index in [1.165, 1.54) is 0 Å². The van der Waals surface area contributed by atoms with Crippen molar-refractivity contribution in [2.24, 2.45) is 0 Å². The molecule has 12 heavy (non-hydrogen) atoms. The van der Waals surface area contributed by atoms with Gasteiger partial charge in [-0.05, 0) is 19.3 Å². The Balaban J connectivity index is 2.72. The first-order valence-electron chi connectivity index (χ1n) is 4.51. The van der Waals surface area contributed by atoms with Crippen LogP contribution in [0.1, 0.15) is 39.0 Å². The van der Waals surface area contributed by atoms with E-state index in [0.717, 1.165) is 12.8 Å². The molecule has 1 saturated carbocycles. The van der Waals surface area contributed by atoms with Crippen molar-refractivity contribution in [1.29, 1.82) is 0 Å². The zero-order valence-corrected chi connectivity index (χ0v) is 8.10. The number of hydrogen-bond donors (Lipinski definition) is 1. The van der Waals surface area contributed by atoms with Gasteiger partial charge in [0.2, 0.25) is 0 Å². The third kappa shape index (κ3) is 1.64. The van der Waals surface area contributed by atoms with Crippen molar-refractivity contribution < 1.29 is 9.90 Å². The summed E-state index contributed by atoms with van der Waals surface area (Å²) in [6.45, 7) is 1.84. The summed E-state index contributed by atoms with van der Waals surface area (Å²) in [5, 5.41) is 9.56. The van der Waals surface area contributed by atoms with E-state index in [1.54, 1.807) is 0 Å². The van der Waals surface area contributed by atoms with Crippen LogP contribution in [0.25, 0.3) is 0 Å². The normalized spacial score (nSPS) is 33.4. The molecular formula is C9H15ClO2. The lowest BCUT2D eigenvalue weighted by atomic mass is 9.82. The lowest BCUT2D eigenvalue weighted by Gasteiger charge is -2.33. The van der Waals surface area contributed by atoms with Crippen molar-refractivity contribution >= 4 is 17.4 Å². The first-order valence-corrected chi connectivity index (χ1v) is 4.89. The number of Topliss-reactive ketones (excluding diaryl/α,β-unsaturated/α-hetero) is 1. The van der Waals surface area contributed by atoms with Crippen LogP contribution < -0.4 is 0 Å². The molecule has 0 aromatic rings. The Bertz CT molecular complexity index is 181. The quantitative estimate of drug-likeness (QED) is 0.676. The van der Waals surface area contributed by atoms with Gasteiger partial charge in [0.1, 0.15) is 4.87 Å². The summed E-state index contributed by atoms with van der Waals surface area (Å²) in [5.74, 6) is 0.0183. The van der Waals surface area contributed by atoms with Gasteiger partial charge < -0.3 is 5.11 Å². The Morgan fingerprint density at radius 1 is 1.67 bits per heavy atom. The molecule has 0 aromatic heterocycles. The van der Waals surface area contributed by atoms with Crippen LogP contribution >= 0.6 is 11.6 Å². The van der Waals surface area contributed by atoms with Crippen molar-refractivity contribution in [1.82, 2.24) is 0 Å². The number of aliphatic hydroxyl groups excluding tert-OH is 1. The SMILES string of the molecule is CC[C@H](O)C1(Cl)CCCCC1=O. The summed E-state index contributed by atoms with van der Waals surface area (Å²) < 4.78 is 0. The van der Waals surface area contributed by atoms with Crippen LogP contribution in [0.2, 0.25) is 0 Å². The number of carbonyl (C=O) groups is 1. The highest BCUT2D eigenvalue weighted by Gasteiger charge is 2.43.